The fourth-order valence-electron chi connectivity index (χ4n) is 9.61. The molecule has 0 aliphatic heterocycles. The molecular weight excluding hydrogens is 677 g/mol. The Labute approximate surface area is 315 Å². The van der Waals surface area contributed by atoms with Crippen molar-refractivity contribution >= 4 is 95.3 Å². The van der Waals surface area contributed by atoms with E-state index in [2.05, 4.69) is 172 Å². The van der Waals surface area contributed by atoms with Gasteiger partial charge in [0.15, 0.2) is 0 Å². The Balaban J connectivity index is 1.10. The monoisotopic (exact) mass is 708 g/mol. The Kier molecular flexibility index (Phi) is 5.97. The molecule has 0 radical (unpaired) electrons. The van der Waals surface area contributed by atoms with E-state index in [1.807, 2.05) is 22.7 Å². The van der Waals surface area contributed by atoms with Gasteiger partial charge in [0.1, 0.15) is 0 Å². The average Bonchev–Trinajstić information content (AvgIpc) is 3.84. The van der Waals surface area contributed by atoms with Crippen molar-refractivity contribution in [2.75, 3.05) is 0 Å². The fourth-order valence-corrected chi connectivity index (χ4v) is 12.0. The molecule has 9 aromatic carbocycles. The van der Waals surface area contributed by atoms with Gasteiger partial charge in [-0.25, -0.2) is 0 Å². The molecule has 0 saturated carbocycles. The molecule has 53 heavy (non-hydrogen) atoms. The van der Waals surface area contributed by atoms with Gasteiger partial charge in [0, 0.05) is 45.8 Å². The first-order chi connectivity index (χ1) is 26.0. The number of benzene rings is 9. The molecule has 2 heterocycles. The fraction of sp³-hybridized carbons (Fsp3) is 0.0588. The van der Waals surface area contributed by atoms with Gasteiger partial charge in [-0.1, -0.05) is 147 Å². The maximum atomic E-state index is 2.52. The second-order valence-corrected chi connectivity index (χ2v) is 17.3. The number of fused-ring (bicyclic) bond motifs is 14. The first-order valence-electron chi connectivity index (χ1n) is 18.4. The molecule has 11 aromatic rings. The Hall–Kier alpha value is -5.80. The largest absolute Gasteiger partial charge is 0.135 e. The number of hydrogen-bond donors (Lipinski definition) is 0. The van der Waals surface area contributed by atoms with Gasteiger partial charge < -0.3 is 0 Å². The van der Waals surface area contributed by atoms with E-state index in [-0.39, 0.29) is 5.41 Å². The van der Waals surface area contributed by atoms with Gasteiger partial charge in [-0.3, -0.25) is 0 Å². The van der Waals surface area contributed by atoms with E-state index in [0.717, 1.165) is 0 Å². The van der Waals surface area contributed by atoms with Crippen molar-refractivity contribution in [1.82, 2.24) is 0 Å². The zero-order valence-electron chi connectivity index (χ0n) is 29.3. The third kappa shape index (κ3) is 4.00. The lowest BCUT2D eigenvalue weighted by Crippen LogP contribution is -2.15. The lowest BCUT2D eigenvalue weighted by molar-refractivity contribution is 0.661. The lowest BCUT2D eigenvalue weighted by atomic mass is 9.80. The van der Waals surface area contributed by atoms with Crippen LogP contribution >= 0.6 is 22.7 Å². The summed E-state index contributed by atoms with van der Waals surface area (Å²) in [4.78, 5) is 0. The maximum Gasteiger partial charge on any atom is 0.0434 e. The van der Waals surface area contributed by atoms with E-state index < -0.39 is 0 Å². The Morgan fingerprint density at radius 3 is 1.70 bits per heavy atom. The minimum atomic E-state index is -0.134. The topological polar surface area (TPSA) is 0 Å². The van der Waals surface area contributed by atoms with Crippen molar-refractivity contribution in [2.45, 2.75) is 19.3 Å². The highest BCUT2D eigenvalue weighted by Gasteiger charge is 2.37. The summed E-state index contributed by atoms with van der Waals surface area (Å²) in [7, 11) is 0. The van der Waals surface area contributed by atoms with Gasteiger partial charge in [0.25, 0.3) is 0 Å². The van der Waals surface area contributed by atoms with Crippen LogP contribution in [0.15, 0.2) is 158 Å². The normalized spacial score (nSPS) is 13.6. The van der Waals surface area contributed by atoms with Crippen LogP contribution in [0.5, 0.6) is 0 Å². The van der Waals surface area contributed by atoms with Gasteiger partial charge >= 0.3 is 0 Å². The molecule has 0 spiro atoms. The van der Waals surface area contributed by atoms with Crippen LogP contribution < -0.4 is 0 Å². The van der Waals surface area contributed by atoms with Gasteiger partial charge in [0.2, 0.25) is 0 Å². The van der Waals surface area contributed by atoms with E-state index in [0.29, 0.717) is 0 Å². The lowest BCUT2D eigenvalue weighted by Gasteiger charge is -2.23. The standard InChI is InChI=1S/C51H32S2/c1-51(2)41-25-26-44-49(40-24-19-29-11-3-4-12-32(29)50(40)53-44)48(41)39-23-21-30(27-42(39)51)46-35-14-5-7-16-37(35)47(38-17-8-6-15-36(38)46)31-20-22-34-33-13-9-10-18-43(33)52-45(34)28-31/h3-28H,1-2H3. The first kappa shape index (κ1) is 29.7. The minimum absolute atomic E-state index is 0.134. The molecule has 0 nitrogen and oxygen atoms in total. The number of rotatable bonds is 2. The molecule has 2 aromatic heterocycles. The number of hydrogen-bond acceptors (Lipinski definition) is 2. The van der Waals surface area contributed by atoms with Gasteiger partial charge in [-0.15, -0.1) is 22.7 Å². The molecule has 0 N–H and O–H groups in total. The van der Waals surface area contributed by atoms with E-state index >= 15 is 0 Å². The molecule has 1 aliphatic rings. The van der Waals surface area contributed by atoms with Crippen molar-refractivity contribution in [3.05, 3.63) is 169 Å². The van der Waals surface area contributed by atoms with Gasteiger partial charge in [-0.2, -0.15) is 0 Å². The van der Waals surface area contributed by atoms with Crippen LogP contribution in [0.1, 0.15) is 25.0 Å². The highest BCUT2D eigenvalue weighted by atomic mass is 32.1. The third-order valence-corrected chi connectivity index (χ3v) is 14.4. The van der Waals surface area contributed by atoms with Crippen LogP contribution in [-0.4, -0.2) is 0 Å². The minimum Gasteiger partial charge on any atom is -0.135 e. The highest BCUT2D eigenvalue weighted by Crippen LogP contribution is 2.56. The van der Waals surface area contributed by atoms with Crippen molar-refractivity contribution in [2.24, 2.45) is 0 Å². The molecule has 0 unspecified atom stereocenters. The molecule has 0 atom stereocenters. The number of thiophene rings is 2. The van der Waals surface area contributed by atoms with Crippen molar-refractivity contribution in [3.63, 3.8) is 0 Å². The molecule has 2 heteroatoms. The zero-order valence-corrected chi connectivity index (χ0v) is 31.0. The molecular formula is C51H32S2. The van der Waals surface area contributed by atoms with Gasteiger partial charge in [-0.05, 0) is 101 Å². The van der Waals surface area contributed by atoms with E-state index in [9.17, 15) is 0 Å². The summed E-state index contributed by atoms with van der Waals surface area (Å²) in [5, 5.41) is 13.3. The van der Waals surface area contributed by atoms with E-state index in [1.165, 1.54) is 117 Å². The SMILES string of the molecule is CC1(C)c2cc(-c3c4ccccc4c(-c4ccc5c(c4)sc4ccccc45)c4ccccc34)ccc2-c2c1ccc1sc3c4ccccc4ccc3c21. The summed E-state index contributed by atoms with van der Waals surface area (Å²) in [5.41, 5.74) is 10.7. The smallest absolute Gasteiger partial charge is 0.0434 e. The second-order valence-electron chi connectivity index (χ2n) is 15.2. The zero-order chi connectivity index (χ0) is 35.0. The molecule has 248 valence electrons. The summed E-state index contributed by atoms with van der Waals surface area (Å²) in [6.45, 7) is 4.83. The van der Waals surface area contributed by atoms with Crippen LogP contribution in [0.25, 0.3) is 106 Å². The predicted molar refractivity (Wildman–Crippen MR) is 233 cm³/mol. The van der Waals surface area contributed by atoms with Crippen molar-refractivity contribution in [1.29, 1.82) is 0 Å². The average molecular weight is 709 g/mol. The Morgan fingerprint density at radius 1 is 0.377 bits per heavy atom. The molecule has 12 rings (SSSR count). The predicted octanol–water partition coefficient (Wildman–Crippen LogP) is 15.5. The van der Waals surface area contributed by atoms with E-state index in [1.54, 1.807) is 0 Å². The molecule has 0 saturated heterocycles. The molecule has 0 fully saturated rings. The highest BCUT2D eigenvalue weighted by molar-refractivity contribution is 7.27. The van der Waals surface area contributed by atoms with Gasteiger partial charge in [0.05, 0.1) is 0 Å². The summed E-state index contributed by atoms with van der Waals surface area (Å²) in [6.07, 6.45) is 0. The molecule has 1 aliphatic carbocycles. The van der Waals surface area contributed by atoms with Crippen LogP contribution in [0.3, 0.4) is 0 Å². The molecule has 0 bridgehead atoms. The summed E-state index contributed by atoms with van der Waals surface area (Å²) < 4.78 is 5.43. The van der Waals surface area contributed by atoms with Crippen molar-refractivity contribution < 1.29 is 0 Å². The van der Waals surface area contributed by atoms with Crippen LogP contribution in [0.2, 0.25) is 0 Å². The van der Waals surface area contributed by atoms with Crippen molar-refractivity contribution in [3.8, 4) is 33.4 Å². The summed E-state index contributed by atoms with van der Waals surface area (Å²) >= 11 is 3.83. The Morgan fingerprint density at radius 2 is 0.962 bits per heavy atom. The molecule has 0 amide bonds. The summed E-state index contributed by atoms with van der Waals surface area (Å²) in [6, 6.07) is 59.6. The van der Waals surface area contributed by atoms with Crippen LogP contribution in [0, 0.1) is 0 Å². The third-order valence-electron chi connectivity index (χ3n) is 12.1. The first-order valence-corrected chi connectivity index (χ1v) is 20.1. The van der Waals surface area contributed by atoms with Crippen LogP contribution in [-0.2, 0) is 5.41 Å². The Bertz CT molecular complexity index is 3310. The second kappa shape index (κ2) is 10.6. The van der Waals surface area contributed by atoms with Crippen LogP contribution in [0.4, 0.5) is 0 Å². The maximum absolute atomic E-state index is 2.52. The summed E-state index contributed by atoms with van der Waals surface area (Å²) in [5.74, 6) is 0. The quantitative estimate of drug-likeness (QED) is 0.157. The van der Waals surface area contributed by atoms with E-state index in [4.69, 9.17) is 0 Å².